The van der Waals surface area contributed by atoms with Gasteiger partial charge in [0.1, 0.15) is 11.0 Å². The number of aryl methyl sites for hydroxylation is 1. The van der Waals surface area contributed by atoms with Gasteiger partial charge in [0.25, 0.3) is 0 Å². The molecular formula is C11H15ClN2O3. The van der Waals surface area contributed by atoms with Crippen LogP contribution in [-0.2, 0) is 27.1 Å². The zero-order chi connectivity index (χ0) is 12.7. The maximum atomic E-state index is 11.0. The van der Waals surface area contributed by atoms with Crippen LogP contribution in [0.2, 0.25) is 5.15 Å². The van der Waals surface area contributed by atoms with Gasteiger partial charge in [-0.25, -0.2) is 9.97 Å². The third-order valence-corrected chi connectivity index (χ3v) is 2.54. The molecule has 0 radical (unpaired) electrons. The highest BCUT2D eigenvalue weighted by atomic mass is 35.5. The number of nitrogens with zero attached hydrogens (tertiary/aromatic N) is 2. The number of carbonyl (C=O) groups is 1. The first-order valence-corrected chi connectivity index (χ1v) is 5.61. The van der Waals surface area contributed by atoms with Crippen LogP contribution in [0.15, 0.2) is 6.20 Å². The van der Waals surface area contributed by atoms with Gasteiger partial charge >= 0.3 is 5.97 Å². The molecule has 0 bridgehead atoms. The minimum Gasteiger partial charge on any atom is -0.469 e. The summed E-state index contributed by atoms with van der Waals surface area (Å²) in [5.74, 6) is 0.364. The second-order valence-electron chi connectivity index (χ2n) is 3.42. The van der Waals surface area contributed by atoms with E-state index in [1.54, 1.807) is 13.3 Å². The quantitative estimate of drug-likeness (QED) is 0.571. The van der Waals surface area contributed by atoms with Crippen LogP contribution in [0.25, 0.3) is 0 Å². The lowest BCUT2D eigenvalue weighted by Crippen LogP contribution is -2.05. The number of halogens is 1. The van der Waals surface area contributed by atoms with Crippen molar-refractivity contribution >= 4 is 17.6 Å². The first kappa shape index (κ1) is 13.9. The third kappa shape index (κ3) is 4.66. The number of hydrogen-bond acceptors (Lipinski definition) is 5. The van der Waals surface area contributed by atoms with Gasteiger partial charge in [0.15, 0.2) is 0 Å². The Balaban J connectivity index is 2.59. The van der Waals surface area contributed by atoms with E-state index < -0.39 is 0 Å². The molecule has 1 aromatic rings. The van der Waals surface area contributed by atoms with Crippen LogP contribution in [-0.4, -0.2) is 36.8 Å². The molecule has 0 unspecified atom stereocenters. The van der Waals surface area contributed by atoms with Gasteiger partial charge in [-0.2, -0.15) is 0 Å². The summed E-state index contributed by atoms with van der Waals surface area (Å²) >= 11 is 5.99. The summed E-state index contributed by atoms with van der Waals surface area (Å²) in [6, 6.07) is 0. The van der Waals surface area contributed by atoms with Crippen molar-refractivity contribution in [3.8, 4) is 0 Å². The Hall–Kier alpha value is -1.20. The molecule has 0 saturated heterocycles. The Morgan fingerprint density at radius 2 is 2.18 bits per heavy atom. The maximum Gasteiger partial charge on any atom is 0.305 e. The minimum absolute atomic E-state index is 0.274. The Morgan fingerprint density at radius 1 is 1.41 bits per heavy atom. The maximum absolute atomic E-state index is 11.0. The van der Waals surface area contributed by atoms with Gasteiger partial charge in [-0.15, -0.1) is 0 Å². The van der Waals surface area contributed by atoms with Crippen LogP contribution in [0, 0.1) is 0 Å². The monoisotopic (exact) mass is 258 g/mol. The zero-order valence-corrected chi connectivity index (χ0v) is 10.7. The molecule has 0 fully saturated rings. The fourth-order valence-electron chi connectivity index (χ4n) is 1.24. The molecule has 1 heterocycles. The first-order valence-electron chi connectivity index (χ1n) is 5.23. The molecule has 0 aliphatic rings. The Kier molecular flexibility index (Phi) is 5.86. The predicted molar refractivity (Wildman–Crippen MR) is 63.0 cm³/mol. The standard InChI is InChI=1S/C11H15ClN2O3/c1-16-6-5-9-13-7-8(11(12)14-9)3-4-10(15)17-2/h7H,3-6H2,1-2H3. The molecular weight excluding hydrogens is 244 g/mol. The number of aromatic nitrogens is 2. The van der Waals surface area contributed by atoms with Crippen molar-refractivity contribution < 1.29 is 14.3 Å². The average Bonchev–Trinajstić information content (AvgIpc) is 2.34. The van der Waals surface area contributed by atoms with Gasteiger partial charge in [0.2, 0.25) is 0 Å². The van der Waals surface area contributed by atoms with E-state index in [4.69, 9.17) is 16.3 Å². The molecule has 0 spiro atoms. The van der Waals surface area contributed by atoms with Gasteiger partial charge in [0, 0.05) is 31.7 Å². The van der Waals surface area contributed by atoms with Crippen molar-refractivity contribution in [2.24, 2.45) is 0 Å². The van der Waals surface area contributed by atoms with E-state index in [-0.39, 0.29) is 12.4 Å². The molecule has 1 aromatic heterocycles. The number of rotatable bonds is 6. The van der Waals surface area contributed by atoms with Crippen molar-refractivity contribution in [3.05, 3.63) is 22.7 Å². The van der Waals surface area contributed by atoms with Crippen LogP contribution >= 0.6 is 11.6 Å². The van der Waals surface area contributed by atoms with Gasteiger partial charge in [-0.3, -0.25) is 4.79 Å². The Labute approximate surface area is 105 Å². The smallest absolute Gasteiger partial charge is 0.305 e. The van der Waals surface area contributed by atoms with E-state index in [9.17, 15) is 4.79 Å². The van der Waals surface area contributed by atoms with E-state index in [0.29, 0.717) is 30.4 Å². The summed E-state index contributed by atoms with van der Waals surface area (Å²) in [5.41, 5.74) is 0.748. The van der Waals surface area contributed by atoms with Gasteiger partial charge < -0.3 is 9.47 Å². The molecule has 0 aliphatic heterocycles. The number of carbonyl (C=O) groups excluding carboxylic acids is 1. The number of esters is 1. The fraction of sp³-hybridized carbons (Fsp3) is 0.545. The van der Waals surface area contributed by atoms with Crippen LogP contribution in [0.4, 0.5) is 0 Å². The summed E-state index contributed by atoms with van der Waals surface area (Å²) in [5, 5.41) is 0.384. The topological polar surface area (TPSA) is 61.3 Å². The van der Waals surface area contributed by atoms with Gasteiger partial charge in [-0.05, 0) is 6.42 Å². The minimum atomic E-state index is -0.274. The first-order chi connectivity index (χ1) is 8.17. The van der Waals surface area contributed by atoms with Crippen LogP contribution in [0.3, 0.4) is 0 Å². The normalized spacial score (nSPS) is 10.3. The second-order valence-corrected chi connectivity index (χ2v) is 3.78. The lowest BCUT2D eigenvalue weighted by molar-refractivity contribution is -0.140. The lowest BCUT2D eigenvalue weighted by atomic mass is 10.2. The average molecular weight is 259 g/mol. The van der Waals surface area contributed by atoms with E-state index in [1.807, 2.05) is 0 Å². The van der Waals surface area contributed by atoms with Crippen LogP contribution in [0.5, 0.6) is 0 Å². The molecule has 0 N–H and O–H groups in total. The van der Waals surface area contributed by atoms with E-state index in [1.165, 1.54) is 7.11 Å². The van der Waals surface area contributed by atoms with E-state index >= 15 is 0 Å². The highest BCUT2D eigenvalue weighted by Gasteiger charge is 2.08. The summed E-state index contributed by atoms with van der Waals surface area (Å²) in [7, 11) is 2.97. The second kappa shape index (κ2) is 7.19. The number of hydrogen-bond donors (Lipinski definition) is 0. The molecule has 6 heteroatoms. The molecule has 0 amide bonds. The lowest BCUT2D eigenvalue weighted by Gasteiger charge is -2.04. The summed E-state index contributed by atoms with van der Waals surface area (Å²) < 4.78 is 9.47. The summed E-state index contributed by atoms with van der Waals surface area (Å²) in [6.45, 7) is 0.553. The predicted octanol–water partition coefficient (Wildman–Crippen LogP) is 1.42. The number of ether oxygens (including phenoxy) is 2. The SMILES string of the molecule is COCCc1ncc(CCC(=O)OC)c(Cl)n1. The largest absolute Gasteiger partial charge is 0.469 e. The van der Waals surface area contributed by atoms with E-state index in [0.717, 1.165) is 5.56 Å². The van der Waals surface area contributed by atoms with Crippen molar-refractivity contribution in [2.45, 2.75) is 19.3 Å². The summed E-state index contributed by atoms with van der Waals surface area (Å²) in [6.07, 6.45) is 3.02. The fourth-order valence-corrected chi connectivity index (χ4v) is 1.48. The molecule has 0 aliphatic carbocycles. The highest BCUT2D eigenvalue weighted by molar-refractivity contribution is 6.30. The molecule has 0 saturated carbocycles. The van der Waals surface area contributed by atoms with Crippen molar-refractivity contribution in [3.63, 3.8) is 0 Å². The third-order valence-electron chi connectivity index (χ3n) is 2.22. The van der Waals surface area contributed by atoms with Crippen LogP contribution < -0.4 is 0 Å². The highest BCUT2D eigenvalue weighted by Crippen LogP contribution is 2.14. The molecule has 94 valence electrons. The summed E-state index contributed by atoms with van der Waals surface area (Å²) in [4.78, 5) is 19.3. The van der Waals surface area contributed by atoms with Gasteiger partial charge in [0.05, 0.1) is 13.7 Å². The van der Waals surface area contributed by atoms with Crippen molar-refractivity contribution in [2.75, 3.05) is 20.8 Å². The molecule has 0 aromatic carbocycles. The van der Waals surface area contributed by atoms with Gasteiger partial charge in [-0.1, -0.05) is 11.6 Å². The Bertz CT molecular complexity index is 385. The molecule has 1 rings (SSSR count). The zero-order valence-electron chi connectivity index (χ0n) is 9.90. The molecule has 5 nitrogen and oxygen atoms in total. The van der Waals surface area contributed by atoms with E-state index in [2.05, 4.69) is 14.7 Å². The Morgan fingerprint density at radius 3 is 2.76 bits per heavy atom. The molecule has 0 atom stereocenters. The van der Waals surface area contributed by atoms with Crippen LogP contribution in [0.1, 0.15) is 17.8 Å². The van der Waals surface area contributed by atoms with Crippen molar-refractivity contribution in [1.29, 1.82) is 0 Å². The van der Waals surface area contributed by atoms with Crippen molar-refractivity contribution in [1.82, 2.24) is 9.97 Å². The molecule has 17 heavy (non-hydrogen) atoms. The number of methoxy groups -OCH3 is 2.